The van der Waals surface area contributed by atoms with Gasteiger partial charge in [0.2, 0.25) is 0 Å². The van der Waals surface area contributed by atoms with Crippen LogP contribution in [0.2, 0.25) is 0 Å². The molecule has 0 radical (unpaired) electrons. The van der Waals surface area contributed by atoms with Gasteiger partial charge in [0.05, 0.1) is 6.10 Å². The van der Waals surface area contributed by atoms with Crippen LogP contribution >= 0.6 is 0 Å². The second-order valence-corrected chi connectivity index (χ2v) is 3.95. The minimum absolute atomic E-state index is 0.0672. The van der Waals surface area contributed by atoms with E-state index in [4.69, 9.17) is 9.84 Å². The predicted octanol–water partition coefficient (Wildman–Crippen LogP) is 1.90. The highest BCUT2D eigenvalue weighted by Gasteiger charge is 2.21. The van der Waals surface area contributed by atoms with E-state index in [-0.39, 0.29) is 6.10 Å². The standard InChI is InChI=1S/C12H16O4/c1-7(2)16-10-5-4-8(3)6-9(10)11(13)12(14)15/h4-7,11,13H,1-3H3,(H,14,15). The number of aliphatic carboxylic acids is 1. The Hall–Kier alpha value is -1.55. The van der Waals surface area contributed by atoms with E-state index in [0.717, 1.165) is 5.56 Å². The maximum Gasteiger partial charge on any atom is 0.337 e. The first-order chi connectivity index (χ1) is 7.41. The summed E-state index contributed by atoms with van der Waals surface area (Å²) in [6.45, 7) is 5.52. The molecule has 0 heterocycles. The molecule has 1 atom stereocenters. The third-order valence-corrected chi connectivity index (χ3v) is 2.06. The van der Waals surface area contributed by atoms with E-state index in [2.05, 4.69) is 0 Å². The maximum atomic E-state index is 10.7. The molecule has 0 aromatic heterocycles. The first-order valence-corrected chi connectivity index (χ1v) is 5.10. The predicted molar refractivity (Wildman–Crippen MR) is 59.5 cm³/mol. The number of ether oxygens (including phenoxy) is 1. The average Bonchev–Trinajstić information content (AvgIpc) is 2.18. The molecule has 0 saturated heterocycles. The van der Waals surface area contributed by atoms with E-state index in [1.807, 2.05) is 26.8 Å². The fourth-order valence-electron chi connectivity index (χ4n) is 1.38. The molecule has 1 aromatic rings. The number of hydrogen-bond acceptors (Lipinski definition) is 3. The maximum absolute atomic E-state index is 10.7. The van der Waals surface area contributed by atoms with Gasteiger partial charge in [-0.15, -0.1) is 0 Å². The van der Waals surface area contributed by atoms with Gasteiger partial charge in [0, 0.05) is 5.56 Å². The number of aliphatic hydroxyl groups excluding tert-OH is 1. The summed E-state index contributed by atoms with van der Waals surface area (Å²) >= 11 is 0. The summed E-state index contributed by atoms with van der Waals surface area (Å²) in [4.78, 5) is 10.7. The van der Waals surface area contributed by atoms with Crippen molar-refractivity contribution in [3.05, 3.63) is 29.3 Å². The van der Waals surface area contributed by atoms with Gasteiger partial charge in [0.25, 0.3) is 0 Å². The highest BCUT2D eigenvalue weighted by atomic mass is 16.5. The average molecular weight is 224 g/mol. The van der Waals surface area contributed by atoms with Crippen LogP contribution in [-0.2, 0) is 4.79 Å². The third kappa shape index (κ3) is 2.97. The molecule has 0 bridgehead atoms. The summed E-state index contributed by atoms with van der Waals surface area (Å²) in [5.74, 6) is -0.866. The molecule has 0 aliphatic carbocycles. The van der Waals surface area contributed by atoms with Crippen LogP contribution < -0.4 is 4.74 Å². The fraction of sp³-hybridized carbons (Fsp3) is 0.417. The molecule has 0 amide bonds. The van der Waals surface area contributed by atoms with Gasteiger partial charge in [-0.1, -0.05) is 11.6 Å². The number of carboxylic acid groups (broad SMARTS) is 1. The van der Waals surface area contributed by atoms with Crippen molar-refractivity contribution in [2.75, 3.05) is 0 Å². The van der Waals surface area contributed by atoms with Gasteiger partial charge in [-0.25, -0.2) is 4.79 Å². The Morgan fingerprint density at radius 1 is 1.38 bits per heavy atom. The highest BCUT2D eigenvalue weighted by molar-refractivity contribution is 5.75. The van der Waals surface area contributed by atoms with Gasteiger partial charge in [0.1, 0.15) is 5.75 Å². The topological polar surface area (TPSA) is 66.8 Å². The summed E-state index contributed by atoms with van der Waals surface area (Å²) in [6, 6.07) is 5.11. The molecule has 0 fully saturated rings. The SMILES string of the molecule is Cc1ccc(OC(C)C)c(C(O)C(=O)O)c1. The smallest absolute Gasteiger partial charge is 0.337 e. The van der Waals surface area contributed by atoms with Crippen LogP contribution in [0.3, 0.4) is 0 Å². The van der Waals surface area contributed by atoms with Crippen molar-refractivity contribution in [1.29, 1.82) is 0 Å². The summed E-state index contributed by atoms with van der Waals surface area (Å²) in [5, 5.41) is 18.3. The highest BCUT2D eigenvalue weighted by Crippen LogP contribution is 2.27. The van der Waals surface area contributed by atoms with Crippen molar-refractivity contribution in [3.63, 3.8) is 0 Å². The van der Waals surface area contributed by atoms with Gasteiger partial charge in [-0.05, 0) is 32.9 Å². The zero-order valence-corrected chi connectivity index (χ0v) is 9.60. The fourth-order valence-corrected chi connectivity index (χ4v) is 1.38. The van der Waals surface area contributed by atoms with Crippen LogP contribution in [-0.4, -0.2) is 22.3 Å². The second-order valence-electron chi connectivity index (χ2n) is 3.95. The third-order valence-electron chi connectivity index (χ3n) is 2.06. The van der Waals surface area contributed by atoms with Crippen molar-refractivity contribution < 1.29 is 19.7 Å². The molecule has 0 aliphatic heterocycles. The molecule has 4 heteroatoms. The van der Waals surface area contributed by atoms with Gasteiger partial charge < -0.3 is 14.9 Å². The van der Waals surface area contributed by atoms with Crippen LogP contribution in [0.4, 0.5) is 0 Å². The lowest BCUT2D eigenvalue weighted by Crippen LogP contribution is -2.14. The number of aliphatic hydroxyl groups is 1. The molecular weight excluding hydrogens is 208 g/mol. The van der Waals surface area contributed by atoms with E-state index >= 15 is 0 Å². The summed E-state index contributed by atoms with van der Waals surface area (Å²) in [7, 11) is 0. The zero-order chi connectivity index (χ0) is 12.3. The molecule has 0 aliphatic rings. The molecule has 16 heavy (non-hydrogen) atoms. The summed E-state index contributed by atoms with van der Waals surface area (Å²) in [6.07, 6.45) is -1.61. The van der Waals surface area contributed by atoms with Crippen molar-refractivity contribution in [3.8, 4) is 5.75 Å². The molecule has 88 valence electrons. The lowest BCUT2D eigenvalue weighted by atomic mass is 10.1. The Bertz CT molecular complexity index is 385. The molecule has 1 rings (SSSR count). The Morgan fingerprint density at radius 3 is 2.50 bits per heavy atom. The van der Waals surface area contributed by atoms with Crippen LogP contribution in [0.5, 0.6) is 5.75 Å². The van der Waals surface area contributed by atoms with Crippen molar-refractivity contribution in [2.24, 2.45) is 0 Å². The van der Waals surface area contributed by atoms with Crippen LogP contribution in [0.1, 0.15) is 31.1 Å². The first kappa shape index (κ1) is 12.5. The Balaban J connectivity index is 3.12. The number of aryl methyl sites for hydroxylation is 1. The van der Waals surface area contributed by atoms with E-state index < -0.39 is 12.1 Å². The number of benzene rings is 1. The molecule has 4 nitrogen and oxygen atoms in total. The van der Waals surface area contributed by atoms with Crippen LogP contribution in [0.25, 0.3) is 0 Å². The Morgan fingerprint density at radius 2 is 2.00 bits per heavy atom. The van der Waals surface area contributed by atoms with Crippen molar-refractivity contribution >= 4 is 5.97 Å². The van der Waals surface area contributed by atoms with E-state index in [0.29, 0.717) is 11.3 Å². The second kappa shape index (κ2) is 4.99. The molecule has 1 unspecified atom stereocenters. The summed E-state index contributed by atoms with van der Waals surface area (Å²) < 4.78 is 5.45. The Kier molecular flexibility index (Phi) is 3.90. The number of carbonyl (C=O) groups is 1. The number of carboxylic acids is 1. The molecule has 0 spiro atoms. The van der Waals surface area contributed by atoms with E-state index in [1.165, 1.54) is 0 Å². The minimum Gasteiger partial charge on any atom is -0.491 e. The van der Waals surface area contributed by atoms with Gasteiger partial charge in [-0.3, -0.25) is 0 Å². The monoisotopic (exact) mass is 224 g/mol. The lowest BCUT2D eigenvalue weighted by Gasteiger charge is -2.16. The summed E-state index contributed by atoms with van der Waals surface area (Å²) in [5.41, 5.74) is 1.17. The van der Waals surface area contributed by atoms with E-state index in [1.54, 1.807) is 12.1 Å². The van der Waals surface area contributed by atoms with Crippen LogP contribution in [0.15, 0.2) is 18.2 Å². The zero-order valence-electron chi connectivity index (χ0n) is 9.60. The molecular formula is C12H16O4. The molecule has 0 saturated carbocycles. The van der Waals surface area contributed by atoms with Gasteiger partial charge in [-0.2, -0.15) is 0 Å². The van der Waals surface area contributed by atoms with Crippen molar-refractivity contribution in [1.82, 2.24) is 0 Å². The first-order valence-electron chi connectivity index (χ1n) is 5.10. The van der Waals surface area contributed by atoms with Gasteiger partial charge >= 0.3 is 5.97 Å². The minimum atomic E-state index is -1.55. The number of hydrogen-bond donors (Lipinski definition) is 2. The molecule has 2 N–H and O–H groups in total. The van der Waals surface area contributed by atoms with Crippen LogP contribution in [0, 0.1) is 6.92 Å². The largest absolute Gasteiger partial charge is 0.491 e. The van der Waals surface area contributed by atoms with E-state index in [9.17, 15) is 9.90 Å². The Labute approximate surface area is 94.5 Å². The molecule has 1 aromatic carbocycles. The lowest BCUT2D eigenvalue weighted by molar-refractivity contribution is -0.147. The quantitative estimate of drug-likeness (QED) is 0.819. The van der Waals surface area contributed by atoms with Crippen molar-refractivity contribution in [2.45, 2.75) is 33.0 Å². The van der Waals surface area contributed by atoms with Gasteiger partial charge in [0.15, 0.2) is 6.10 Å². The normalized spacial score (nSPS) is 12.6. The number of rotatable bonds is 4.